The Bertz CT molecular complexity index is 571. The highest BCUT2D eigenvalue weighted by atomic mass is 35.5. The van der Waals surface area contributed by atoms with Gasteiger partial charge < -0.3 is 4.48 Å². The van der Waals surface area contributed by atoms with Crippen molar-refractivity contribution in [2.75, 3.05) is 13.6 Å². The van der Waals surface area contributed by atoms with Gasteiger partial charge in [-0.2, -0.15) is 0 Å². The van der Waals surface area contributed by atoms with E-state index in [1.807, 2.05) is 0 Å². The summed E-state index contributed by atoms with van der Waals surface area (Å²) in [7, 11) is 2.33. The Morgan fingerprint density at radius 1 is 0.833 bits per heavy atom. The van der Waals surface area contributed by atoms with E-state index in [4.69, 9.17) is 11.6 Å². The molecule has 0 amide bonds. The van der Waals surface area contributed by atoms with Crippen LogP contribution in [0.15, 0.2) is 60.7 Å². The summed E-state index contributed by atoms with van der Waals surface area (Å²) in [6.45, 7) is 3.13. The number of hydrogen-bond donors (Lipinski definition) is 0. The van der Waals surface area contributed by atoms with E-state index in [-0.39, 0.29) is 5.24 Å². The molecule has 0 atom stereocenters. The summed E-state index contributed by atoms with van der Waals surface area (Å²) in [5, 5.41) is -0.221. The Morgan fingerprint density at radius 3 is 1.79 bits per heavy atom. The summed E-state index contributed by atoms with van der Waals surface area (Å²) in [6, 6.07) is 21.4. The summed E-state index contributed by atoms with van der Waals surface area (Å²) < 4.78 is 0.975. The van der Waals surface area contributed by atoms with Crippen molar-refractivity contribution in [1.29, 1.82) is 0 Å². The molecule has 0 aliphatic rings. The minimum Gasteiger partial charge on any atom is -0.319 e. The van der Waals surface area contributed by atoms with Crippen molar-refractivity contribution in [3.8, 4) is 0 Å². The lowest BCUT2D eigenvalue weighted by atomic mass is 10.1. The second-order valence-corrected chi connectivity index (χ2v) is 7.22. The van der Waals surface area contributed by atoms with Crippen LogP contribution in [0.25, 0.3) is 0 Å². The fourth-order valence-corrected chi connectivity index (χ4v) is 3.33. The molecule has 0 spiro atoms. The molecular formula is C21H27ClNO+. The average Bonchev–Trinajstić information content (AvgIpc) is 2.56. The number of unbranched alkanes of at least 4 members (excludes halogenated alkanes) is 2. The van der Waals surface area contributed by atoms with E-state index in [1.54, 1.807) is 0 Å². The second-order valence-electron chi connectivity index (χ2n) is 6.80. The number of rotatable bonds is 10. The van der Waals surface area contributed by atoms with Crippen LogP contribution in [0, 0.1) is 0 Å². The standard InChI is InChI=1S/C21H27ClNO/c1-23(16-10-4-9-15-21(22)24,17-19-11-5-2-6-12-19)18-20-13-7-3-8-14-20/h2-3,5-8,11-14H,4,9-10,15-18H2,1H3/q+1. The van der Waals surface area contributed by atoms with Crippen molar-refractivity contribution in [3.63, 3.8) is 0 Å². The zero-order valence-corrected chi connectivity index (χ0v) is 15.2. The molecule has 0 radical (unpaired) electrons. The number of quaternary nitrogens is 1. The van der Waals surface area contributed by atoms with E-state index in [9.17, 15) is 4.79 Å². The van der Waals surface area contributed by atoms with Crippen LogP contribution in [0.5, 0.6) is 0 Å². The molecule has 0 bridgehead atoms. The largest absolute Gasteiger partial charge is 0.319 e. The van der Waals surface area contributed by atoms with Crippen LogP contribution >= 0.6 is 11.6 Å². The molecule has 24 heavy (non-hydrogen) atoms. The third-order valence-electron chi connectivity index (χ3n) is 4.39. The molecule has 0 fully saturated rings. The van der Waals surface area contributed by atoms with Crippen molar-refractivity contribution in [3.05, 3.63) is 71.8 Å². The molecule has 2 aromatic carbocycles. The van der Waals surface area contributed by atoms with Gasteiger partial charge in [0.25, 0.3) is 0 Å². The number of benzene rings is 2. The Kier molecular flexibility index (Phi) is 7.48. The van der Waals surface area contributed by atoms with Gasteiger partial charge in [-0.3, -0.25) is 4.79 Å². The van der Waals surface area contributed by atoms with E-state index >= 15 is 0 Å². The average molecular weight is 345 g/mol. The van der Waals surface area contributed by atoms with Gasteiger partial charge in [0.2, 0.25) is 5.24 Å². The Hall–Kier alpha value is -1.64. The van der Waals surface area contributed by atoms with E-state index in [2.05, 4.69) is 67.7 Å². The van der Waals surface area contributed by atoms with E-state index in [0.717, 1.165) is 43.4 Å². The smallest absolute Gasteiger partial charge is 0.221 e. The predicted molar refractivity (Wildman–Crippen MR) is 101 cm³/mol. The van der Waals surface area contributed by atoms with Crippen LogP contribution in [0.1, 0.15) is 36.8 Å². The quantitative estimate of drug-likeness (QED) is 0.330. The third-order valence-corrected chi connectivity index (χ3v) is 4.57. The van der Waals surface area contributed by atoms with E-state index in [0.29, 0.717) is 6.42 Å². The van der Waals surface area contributed by atoms with Crippen molar-refractivity contribution >= 4 is 16.8 Å². The molecular weight excluding hydrogens is 318 g/mol. The van der Waals surface area contributed by atoms with E-state index < -0.39 is 0 Å². The first-order chi connectivity index (χ1) is 11.6. The normalized spacial score (nSPS) is 11.4. The topological polar surface area (TPSA) is 17.1 Å². The fourth-order valence-electron chi connectivity index (χ4n) is 3.20. The molecule has 2 rings (SSSR count). The number of halogens is 1. The molecule has 3 heteroatoms. The maximum absolute atomic E-state index is 10.8. The summed E-state index contributed by atoms with van der Waals surface area (Å²) >= 11 is 5.42. The molecule has 0 saturated carbocycles. The van der Waals surface area contributed by atoms with Gasteiger partial charge >= 0.3 is 0 Å². The highest BCUT2D eigenvalue weighted by Gasteiger charge is 2.22. The molecule has 0 N–H and O–H groups in total. The number of carbonyl (C=O) groups excluding carboxylic acids is 1. The van der Waals surface area contributed by atoms with Crippen LogP contribution in [0.2, 0.25) is 0 Å². The molecule has 128 valence electrons. The maximum Gasteiger partial charge on any atom is 0.221 e. The van der Waals surface area contributed by atoms with Gasteiger partial charge in [0.15, 0.2) is 0 Å². The van der Waals surface area contributed by atoms with Gasteiger partial charge in [-0.05, 0) is 30.9 Å². The number of nitrogens with zero attached hydrogens (tertiary/aromatic N) is 1. The minimum atomic E-state index is -0.221. The summed E-state index contributed by atoms with van der Waals surface area (Å²) in [6.07, 6.45) is 3.54. The van der Waals surface area contributed by atoms with Crippen LogP contribution in [0.4, 0.5) is 0 Å². The minimum absolute atomic E-state index is 0.221. The zero-order chi connectivity index (χ0) is 17.3. The summed E-state index contributed by atoms with van der Waals surface area (Å²) in [5.74, 6) is 0. The summed E-state index contributed by atoms with van der Waals surface area (Å²) in [4.78, 5) is 10.8. The lowest BCUT2D eigenvalue weighted by molar-refractivity contribution is -0.935. The highest BCUT2D eigenvalue weighted by Crippen LogP contribution is 2.19. The lowest BCUT2D eigenvalue weighted by Crippen LogP contribution is -2.43. The highest BCUT2D eigenvalue weighted by molar-refractivity contribution is 6.63. The van der Waals surface area contributed by atoms with Gasteiger partial charge in [-0.25, -0.2) is 0 Å². The zero-order valence-electron chi connectivity index (χ0n) is 14.5. The number of carbonyl (C=O) groups is 1. The van der Waals surface area contributed by atoms with Crippen LogP contribution in [0.3, 0.4) is 0 Å². The third kappa shape index (κ3) is 6.86. The van der Waals surface area contributed by atoms with Crippen molar-refractivity contribution in [1.82, 2.24) is 0 Å². The second kappa shape index (κ2) is 9.61. The monoisotopic (exact) mass is 344 g/mol. The predicted octanol–water partition coefficient (Wildman–Crippen LogP) is 5.16. The van der Waals surface area contributed by atoms with Crippen LogP contribution in [-0.4, -0.2) is 23.3 Å². The fraction of sp³-hybridized carbons (Fsp3) is 0.381. The molecule has 0 unspecified atom stereocenters. The van der Waals surface area contributed by atoms with Gasteiger partial charge in [-0.1, -0.05) is 60.7 Å². The molecule has 0 aromatic heterocycles. The maximum atomic E-state index is 10.8. The Labute approximate surface area is 150 Å². The van der Waals surface area contributed by atoms with Crippen molar-refractivity contribution < 1.29 is 9.28 Å². The van der Waals surface area contributed by atoms with Crippen LogP contribution < -0.4 is 0 Å². The van der Waals surface area contributed by atoms with Gasteiger partial charge in [0.05, 0.1) is 13.6 Å². The summed E-state index contributed by atoms with van der Waals surface area (Å²) in [5.41, 5.74) is 2.73. The SMILES string of the molecule is C[N+](CCCCCC(=O)Cl)(Cc1ccccc1)Cc1ccccc1. The van der Waals surface area contributed by atoms with Crippen molar-refractivity contribution in [2.45, 2.75) is 38.8 Å². The van der Waals surface area contributed by atoms with Crippen LogP contribution in [-0.2, 0) is 17.9 Å². The van der Waals surface area contributed by atoms with E-state index in [1.165, 1.54) is 11.1 Å². The first-order valence-electron chi connectivity index (χ1n) is 8.67. The van der Waals surface area contributed by atoms with Crippen molar-refractivity contribution in [2.24, 2.45) is 0 Å². The molecule has 2 aromatic rings. The molecule has 2 nitrogen and oxygen atoms in total. The first kappa shape index (κ1) is 18.7. The lowest BCUT2D eigenvalue weighted by Gasteiger charge is -2.35. The first-order valence-corrected chi connectivity index (χ1v) is 9.05. The molecule has 0 aliphatic heterocycles. The van der Waals surface area contributed by atoms with Gasteiger partial charge in [-0.15, -0.1) is 0 Å². The number of hydrogen-bond acceptors (Lipinski definition) is 1. The molecule has 0 saturated heterocycles. The van der Waals surface area contributed by atoms with Gasteiger partial charge in [0.1, 0.15) is 13.1 Å². The molecule has 0 heterocycles. The molecule has 0 aliphatic carbocycles. The Balaban J connectivity index is 1.98. The Morgan fingerprint density at radius 2 is 1.33 bits per heavy atom. The van der Waals surface area contributed by atoms with Gasteiger partial charge in [0, 0.05) is 17.5 Å².